The van der Waals surface area contributed by atoms with Crippen LogP contribution in [0.2, 0.25) is 0 Å². The minimum Gasteiger partial charge on any atom is -0.370 e. The summed E-state index contributed by atoms with van der Waals surface area (Å²) in [5, 5.41) is 7.35. The highest BCUT2D eigenvalue weighted by Gasteiger charge is 2.36. The number of rotatable bonds is 9. The molecule has 0 radical (unpaired) electrons. The lowest BCUT2D eigenvalue weighted by Gasteiger charge is -2.28. The summed E-state index contributed by atoms with van der Waals surface area (Å²) >= 11 is 0. The number of aliphatic imine (C=N–C) groups is 1. The summed E-state index contributed by atoms with van der Waals surface area (Å²) in [7, 11) is 0. The predicted molar refractivity (Wildman–Crippen MR) is 114 cm³/mol. The van der Waals surface area contributed by atoms with Gasteiger partial charge in [-0.1, -0.05) is 24.3 Å². The monoisotopic (exact) mass is 430 g/mol. The summed E-state index contributed by atoms with van der Waals surface area (Å²) in [4.78, 5) is 46.2. The molecule has 0 saturated carbocycles. The third kappa shape index (κ3) is 6.25. The van der Waals surface area contributed by atoms with E-state index in [1.807, 2.05) is 24.3 Å². The van der Waals surface area contributed by atoms with Gasteiger partial charge in [-0.2, -0.15) is 0 Å². The molecular weight excluding hydrogens is 400 g/mol. The first-order valence-corrected chi connectivity index (χ1v) is 10.6. The molecular formula is C21H30N6O4. The normalized spacial score (nSPS) is 21.5. The molecule has 10 heteroatoms. The molecule has 3 atom stereocenters. The first-order valence-electron chi connectivity index (χ1n) is 10.6. The molecule has 0 aliphatic carbocycles. The standard InChI is InChI=1S/C21H30N6O4/c22-21(23)24-9-3-7-16(13-28)26-19(29)18-8-4-10-27(18)31-20(30)17-11-14-5-1-2-6-15(14)12-25-17/h1-2,5-6,13,16-18,25H,3-4,7-12H2,(H,26,29)(H4,22,23,24)/t16-,17+,18-/m0/s1. The van der Waals surface area contributed by atoms with Crippen LogP contribution in [0.3, 0.4) is 0 Å². The van der Waals surface area contributed by atoms with Gasteiger partial charge in [0.25, 0.3) is 0 Å². The van der Waals surface area contributed by atoms with Crippen LogP contribution in [0.1, 0.15) is 36.8 Å². The molecule has 168 valence electrons. The molecule has 1 saturated heterocycles. The van der Waals surface area contributed by atoms with Gasteiger partial charge < -0.3 is 26.4 Å². The van der Waals surface area contributed by atoms with Crippen LogP contribution in [-0.4, -0.2) is 60.4 Å². The topological polar surface area (TPSA) is 152 Å². The van der Waals surface area contributed by atoms with Gasteiger partial charge in [-0.15, -0.1) is 5.06 Å². The molecule has 2 aliphatic rings. The molecule has 3 rings (SSSR count). The van der Waals surface area contributed by atoms with Gasteiger partial charge in [0.1, 0.15) is 18.4 Å². The number of hydroxylamine groups is 2. The van der Waals surface area contributed by atoms with Crippen molar-refractivity contribution in [1.29, 1.82) is 0 Å². The molecule has 10 nitrogen and oxygen atoms in total. The Morgan fingerprint density at radius 1 is 1.32 bits per heavy atom. The highest BCUT2D eigenvalue weighted by Crippen LogP contribution is 2.21. The van der Waals surface area contributed by atoms with E-state index in [9.17, 15) is 14.4 Å². The third-order valence-electron chi connectivity index (χ3n) is 5.54. The van der Waals surface area contributed by atoms with Crippen LogP contribution >= 0.6 is 0 Å². The van der Waals surface area contributed by atoms with E-state index in [1.165, 1.54) is 10.6 Å². The van der Waals surface area contributed by atoms with Crippen LogP contribution in [-0.2, 0) is 32.2 Å². The summed E-state index contributed by atoms with van der Waals surface area (Å²) in [6.07, 6.45) is 3.50. The first kappa shape index (κ1) is 22.7. The number of hydrogen-bond acceptors (Lipinski definition) is 7. The fourth-order valence-electron chi connectivity index (χ4n) is 3.88. The Morgan fingerprint density at radius 2 is 2.10 bits per heavy atom. The second-order valence-corrected chi connectivity index (χ2v) is 7.82. The predicted octanol–water partition coefficient (Wildman–Crippen LogP) is -0.639. The quantitative estimate of drug-likeness (QED) is 0.175. The fraction of sp³-hybridized carbons (Fsp3) is 0.524. The zero-order chi connectivity index (χ0) is 22.2. The highest BCUT2D eigenvalue weighted by molar-refractivity contribution is 5.85. The number of carbonyl (C=O) groups excluding carboxylic acids is 3. The van der Waals surface area contributed by atoms with Crippen LogP contribution in [0.25, 0.3) is 0 Å². The number of nitrogens with zero attached hydrogens (tertiary/aromatic N) is 2. The Labute approximate surface area is 181 Å². The fourth-order valence-corrected chi connectivity index (χ4v) is 3.88. The lowest BCUT2D eigenvalue weighted by atomic mass is 9.96. The number of benzene rings is 1. The van der Waals surface area contributed by atoms with Crippen molar-refractivity contribution in [2.45, 2.75) is 56.8 Å². The largest absolute Gasteiger partial charge is 0.370 e. The molecule has 1 aromatic carbocycles. The number of hydrogen-bond donors (Lipinski definition) is 4. The number of guanidine groups is 1. The Kier molecular flexibility index (Phi) is 7.96. The summed E-state index contributed by atoms with van der Waals surface area (Å²) in [6, 6.07) is 6.25. The van der Waals surface area contributed by atoms with Crippen LogP contribution in [0.5, 0.6) is 0 Å². The minimum atomic E-state index is -0.642. The number of amides is 1. The van der Waals surface area contributed by atoms with Crippen molar-refractivity contribution in [3.05, 3.63) is 35.4 Å². The summed E-state index contributed by atoms with van der Waals surface area (Å²) in [5.74, 6) is -0.740. The Balaban J connectivity index is 1.50. The van der Waals surface area contributed by atoms with Crippen molar-refractivity contribution < 1.29 is 19.2 Å². The average molecular weight is 431 g/mol. The van der Waals surface area contributed by atoms with Crippen molar-refractivity contribution in [2.75, 3.05) is 13.1 Å². The molecule has 2 aliphatic heterocycles. The van der Waals surface area contributed by atoms with E-state index in [4.69, 9.17) is 16.3 Å². The Bertz CT molecular complexity index is 826. The molecule has 1 fully saturated rings. The van der Waals surface area contributed by atoms with Gasteiger partial charge in [-0.3, -0.25) is 15.1 Å². The smallest absolute Gasteiger partial charge is 0.342 e. The van der Waals surface area contributed by atoms with Gasteiger partial charge in [-0.05, 0) is 43.2 Å². The van der Waals surface area contributed by atoms with E-state index >= 15 is 0 Å². The van der Waals surface area contributed by atoms with E-state index in [0.29, 0.717) is 51.6 Å². The SMILES string of the molecule is NC(N)=NCCC[C@@H](C=O)NC(=O)[C@@H]1CCCN1OC(=O)[C@H]1Cc2ccccc2CN1. The number of carbonyl (C=O) groups is 3. The van der Waals surface area contributed by atoms with Gasteiger partial charge in [-0.25, -0.2) is 4.79 Å². The highest BCUT2D eigenvalue weighted by atomic mass is 16.7. The third-order valence-corrected chi connectivity index (χ3v) is 5.54. The Morgan fingerprint density at radius 3 is 2.84 bits per heavy atom. The zero-order valence-corrected chi connectivity index (χ0v) is 17.5. The van der Waals surface area contributed by atoms with Gasteiger partial charge in [0.2, 0.25) is 5.91 Å². The molecule has 6 N–H and O–H groups in total. The number of nitrogens with two attached hydrogens (primary N) is 2. The van der Waals surface area contributed by atoms with Gasteiger partial charge in [0.15, 0.2) is 5.96 Å². The molecule has 1 amide bonds. The summed E-state index contributed by atoms with van der Waals surface area (Å²) in [5.41, 5.74) is 12.8. The van der Waals surface area contributed by atoms with E-state index in [-0.39, 0.29) is 11.9 Å². The van der Waals surface area contributed by atoms with Crippen molar-refractivity contribution >= 4 is 24.1 Å². The van der Waals surface area contributed by atoms with Crippen molar-refractivity contribution in [3.63, 3.8) is 0 Å². The first-order chi connectivity index (χ1) is 15.0. The van der Waals surface area contributed by atoms with Gasteiger partial charge in [0, 0.05) is 19.6 Å². The number of nitrogens with one attached hydrogen (secondary N) is 2. The zero-order valence-electron chi connectivity index (χ0n) is 17.5. The van der Waals surface area contributed by atoms with Crippen LogP contribution in [0, 0.1) is 0 Å². The van der Waals surface area contributed by atoms with Crippen LogP contribution < -0.4 is 22.1 Å². The molecule has 0 bridgehead atoms. The van der Waals surface area contributed by atoms with Crippen molar-refractivity contribution in [1.82, 2.24) is 15.7 Å². The maximum Gasteiger partial charge on any atom is 0.342 e. The number of fused-ring (bicyclic) bond motifs is 1. The van der Waals surface area contributed by atoms with Gasteiger partial charge in [0.05, 0.1) is 6.04 Å². The molecule has 0 spiro atoms. The van der Waals surface area contributed by atoms with E-state index in [2.05, 4.69) is 15.6 Å². The van der Waals surface area contributed by atoms with Crippen LogP contribution in [0.4, 0.5) is 0 Å². The average Bonchev–Trinajstić information content (AvgIpc) is 3.23. The molecule has 0 unspecified atom stereocenters. The minimum absolute atomic E-state index is 0.00829. The molecule has 0 aromatic heterocycles. The van der Waals surface area contributed by atoms with Crippen LogP contribution in [0.15, 0.2) is 29.3 Å². The Hall–Kier alpha value is -2.98. The summed E-state index contributed by atoms with van der Waals surface area (Å²) in [6.45, 7) is 1.46. The number of aldehydes is 1. The lowest BCUT2D eigenvalue weighted by molar-refractivity contribution is -0.198. The van der Waals surface area contributed by atoms with Crippen molar-refractivity contribution in [3.8, 4) is 0 Å². The van der Waals surface area contributed by atoms with Crippen molar-refractivity contribution in [2.24, 2.45) is 16.5 Å². The maximum atomic E-state index is 12.7. The second-order valence-electron chi connectivity index (χ2n) is 7.82. The van der Waals surface area contributed by atoms with E-state index < -0.39 is 24.1 Å². The second kappa shape index (κ2) is 10.9. The van der Waals surface area contributed by atoms with E-state index in [1.54, 1.807) is 0 Å². The summed E-state index contributed by atoms with van der Waals surface area (Å²) < 4.78 is 0. The molecule has 1 aromatic rings. The van der Waals surface area contributed by atoms with Gasteiger partial charge >= 0.3 is 5.97 Å². The van der Waals surface area contributed by atoms with E-state index in [0.717, 1.165) is 12.0 Å². The maximum absolute atomic E-state index is 12.7. The molecule has 2 heterocycles. The lowest BCUT2D eigenvalue weighted by Crippen LogP contribution is -2.50. The molecule has 31 heavy (non-hydrogen) atoms.